The minimum absolute atomic E-state index is 0.0162. The van der Waals surface area contributed by atoms with Crippen LogP contribution in [0.25, 0.3) is 0 Å². The molecular weight excluding hydrogens is 694 g/mol. The van der Waals surface area contributed by atoms with Crippen molar-refractivity contribution in [3.63, 3.8) is 0 Å². The van der Waals surface area contributed by atoms with E-state index in [-0.39, 0.29) is 24.5 Å². The number of rotatable bonds is 5. The van der Waals surface area contributed by atoms with Crippen molar-refractivity contribution in [1.29, 1.82) is 5.26 Å². The van der Waals surface area contributed by atoms with Crippen LogP contribution in [0.2, 0.25) is 0 Å². The van der Waals surface area contributed by atoms with Crippen molar-refractivity contribution >= 4 is 11.8 Å². The number of pyridine rings is 1. The van der Waals surface area contributed by atoms with Gasteiger partial charge >= 0.3 is 5.97 Å². The number of esters is 1. The molecule has 5 heterocycles. The molecule has 0 radical (unpaired) electrons. The largest absolute Gasteiger partial charge is 0.459 e. The molecule has 304 valence electrons. The van der Waals surface area contributed by atoms with Gasteiger partial charge in [0.05, 0.1) is 35.4 Å². The molecule has 0 aliphatic carbocycles. The Kier molecular flexibility index (Phi) is 13.4. The third-order valence-electron chi connectivity index (χ3n) is 12.4. The first-order valence-corrected chi connectivity index (χ1v) is 19.8. The average Bonchev–Trinajstić information content (AvgIpc) is 3.21. The number of nitriles is 1. The van der Waals surface area contributed by atoms with Gasteiger partial charge in [0.25, 0.3) is 0 Å². The van der Waals surface area contributed by atoms with E-state index in [1.807, 2.05) is 59.7 Å². The molecule has 4 N–H and O–H groups in total. The highest BCUT2D eigenvalue weighted by Gasteiger charge is 2.58. The second-order valence-corrected chi connectivity index (χ2v) is 17.2. The lowest BCUT2D eigenvalue weighted by atomic mass is 9.78. The summed E-state index contributed by atoms with van der Waals surface area (Å²) < 4.78 is 33.9. The first-order chi connectivity index (χ1) is 25.3. The first kappa shape index (κ1) is 42.7. The molecule has 0 saturated carbocycles. The van der Waals surface area contributed by atoms with E-state index >= 15 is 0 Å². The minimum atomic E-state index is -1.73. The number of carbonyl (C=O) groups is 1. The molecule has 1 spiro atoms. The topological polar surface area (TPSA) is 179 Å². The van der Waals surface area contributed by atoms with Gasteiger partial charge in [-0.05, 0) is 92.6 Å². The zero-order valence-corrected chi connectivity index (χ0v) is 33.9. The summed E-state index contributed by atoms with van der Waals surface area (Å²) in [6.45, 7) is 16.6. The number of ether oxygens (including phenoxy) is 5. The van der Waals surface area contributed by atoms with E-state index < -0.39 is 77.6 Å². The number of aromatic nitrogens is 1. The first-order valence-electron chi connectivity index (χ1n) is 19.8. The Morgan fingerprint density at radius 1 is 1.13 bits per heavy atom. The number of nitrogens with zero attached hydrogens (tertiary/aromatic N) is 4. The Balaban J connectivity index is 1.58. The zero-order chi connectivity index (χ0) is 39.7. The quantitative estimate of drug-likeness (QED) is 0.322. The number of aliphatic hydroxyl groups is 3. The highest BCUT2D eigenvalue weighted by molar-refractivity contribution is 5.73. The van der Waals surface area contributed by atoms with Crippen LogP contribution < -0.4 is 10.2 Å². The summed E-state index contributed by atoms with van der Waals surface area (Å²) in [5, 5.41) is 47.4. The molecule has 4 aliphatic heterocycles. The number of carbonyl (C=O) groups excluding carboxylic acids is 1. The fraction of sp³-hybridized carbons (Fsp3) is 0.825. The summed E-state index contributed by atoms with van der Waals surface area (Å²) in [5.41, 5.74) is -2.26. The Morgan fingerprint density at radius 2 is 1.81 bits per heavy atom. The van der Waals surface area contributed by atoms with Gasteiger partial charge in [0.15, 0.2) is 12.1 Å². The summed E-state index contributed by atoms with van der Waals surface area (Å²) >= 11 is 0. The molecule has 0 amide bonds. The maximum atomic E-state index is 14.2. The molecule has 0 aromatic carbocycles. The molecule has 14 nitrogen and oxygen atoms in total. The fourth-order valence-electron chi connectivity index (χ4n) is 9.27. The van der Waals surface area contributed by atoms with Crippen molar-refractivity contribution in [3.05, 3.63) is 23.9 Å². The monoisotopic (exact) mass is 759 g/mol. The Bertz CT molecular complexity index is 1450. The smallest absolute Gasteiger partial charge is 0.311 e. The van der Waals surface area contributed by atoms with Gasteiger partial charge in [-0.1, -0.05) is 20.8 Å². The van der Waals surface area contributed by atoms with Gasteiger partial charge in [-0.25, -0.2) is 4.98 Å². The van der Waals surface area contributed by atoms with E-state index in [9.17, 15) is 25.4 Å². The van der Waals surface area contributed by atoms with Crippen LogP contribution in [0, 0.1) is 29.1 Å². The third-order valence-corrected chi connectivity index (χ3v) is 12.4. The SMILES string of the molecule is CC[C@H]1OC(=O)[C@H](C)[C@H]2OC3(CCN(c4ccc(C#N)cn4)CC3)O[C@](C)(C[C@@H](C)CN[C@H](C)[C@@H](O)[C@]1(C)O)[C@H](O[C@@H]1O[C@H](C)CC(N(C)C)[C@H]1O)[C@H]2C. The molecule has 14 heteroatoms. The number of fused-ring (bicyclic) bond motifs is 3. The molecular formula is C40H65N5O9. The van der Waals surface area contributed by atoms with Crippen molar-refractivity contribution < 1.29 is 43.8 Å². The van der Waals surface area contributed by atoms with Gasteiger partial charge in [0.2, 0.25) is 0 Å². The number of hydrogen-bond acceptors (Lipinski definition) is 14. The summed E-state index contributed by atoms with van der Waals surface area (Å²) in [6.07, 6.45) is -1.89. The number of likely N-dealkylation sites (N-methyl/N-ethyl adjacent to an activating group) is 1. The van der Waals surface area contributed by atoms with Crippen molar-refractivity contribution in [1.82, 2.24) is 15.2 Å². The van der Waals surface area contributed by atoms with E-state index in [0.29, 0.717) is 50.9 Å². The van der Waals surface area contributed by atoms with Gasteiger partial charge in [-0.15, -0.1) is 0 Å². The fourth-order valence-corrected chi connectivity index (χ4v) is 9.27. The number of aliphatic hydroxyl groups excluding tert-OH is 2. The lowest BCUT2D eigenvalue weighted by Crippen LogP contribution is -2.60. The van der Waals surface area contributed by atoms with Gasteiger partial charge in [0.1, 0.15) is 35.8 Å². The highest BCUT2D eigenvalue weighted by Crippen LogP contribution is 2.48. The van der Waals surface area contributed by atoms with Crippen molar-refractivity contribution in [3.8, 4) is 6.07 Å². The lowest BCUT2D eigenvalue weighted by molar-refractivity contribution is -0.327. The normalized spacial score (nSPS) is 42.5. The zero-order valence-electron chi connectivity index (χ0n) is 33.9. The van der Waals surface area contributed by atoms with Crippen LogP contribution in [-0.4, -0.2) is 137 Å². The average molecular weight is 760 g/mol. The van der Waals surface area contributed by atoms with E-state index in [1.165, 1.54) is 6.92 Å². The highest BCUT2D eigenvalue weighted by atomic mass is 16.7. The van der Waals surface area contributed by atoms with Gasteiger partial charge < -0.3 is 54.1 Å². The summed E-state index contributed by atoms with van der Waals surface area (Å²) in [5.74, 6) is -2.26. The van der Waals surface area contributed by atoms with Crippen LogP contribution in [0.3, 0.4) is 0 Å². The molecule has 14 atom stereocenters. The summed E-state index contributed by atoms with van der Waals surface area (Å²) in [7, 11) is 3.87. The molecule has 1 aromatic rings. The molecule has 1 aromatic heterocycles. The minimum Gasteiger partial charge on any atom is -0.459 e. The Labute approximate surface area is 321 Å². The maximum absolute atomic E-state index is 14.2. The molecule has 4 saturated heterocycles. The van der Waals surface area contributed by atoms with Gasteiger partial charge in [-0.3, -0.25) is 4.79 Å². The standard InChI is InChI=1S/C40H65N5O9/c1-11-30-39(8,49)34(47)27(6)42-21-23(2)19-38(7)35(52-37-32(46)29(44(9)10)18-24(3)50-37)25(4)33(26(5)36(48)51-30)53-40(54-38)14-16-45(17-15-40)31-13-12-28(20-41)22-43-31/h12-13,22-27,29-30,32-35,37,42,46-47,49H,11,14-19,21H2,1-10H3/t23-,24-,25+,26-,27-,29?,30-,32-,33+,34-,35-,37+,38-,39-/m1/s1. The Hall–Kier alpha value is -2.45. The van der Waals surface area contributed by atoms with Crippen LogP contribution in [0.15, 0.2) is 18.3 Å². The number of anilines is 1. The Morgan fingerprint density at radius 3 is 2.41 bits per heavy atom. The van der Waals surface area contributed by atoms with Gasteiger partial charge in [-0.2, -0.15) is 5.26 Å². The number of piperidine rings is 1. The van der Waals surface area contributed by atoms with Crippen molar-refractivity contribution in [2.45, 2.75) is 159 Å². The molecule has 1 unspecified atom stereocenters. The van der Waals surface area contributed by atoms with Crippen LogP contribution in [0.1, 0.15) is 93.1 Å². The lowest BCUT2D eigenvalue weighted by Gasteiger charge is -2.49. The third kappa shape index (κ3) is 8.90. The molecule has 4 aliphatic rings. The predicted molar refractivity (Wildman–Crippen MR) is 201 cm³/mol. The summed E-state index contributed by atoms with van der Waals surface area (Å²) in [4.78, 5) is 22.9. The van der Waals surface area contributed by atoms with Crippen LogP contribution in [0.5, 0.6) is 0 Å². The molecule has 54 heavy (non-hydrogen) atoms. The second-order valence-electron chi connectivity index (χ2n) is 17.2. The van der Waals surface area contributed by atoms with Crippen LogP contribution in [-0.2, 0) is 28.5 Å². The molecule has 2 bridgehead atoms. The number of hydrogen-bond donors (Lipinski definition) is 4. The molecule has 4 fully saturated rings. The van der Waals surface area contributed by atoms with Crippen LogP contribution >= 0.6 is 0 Å². The van der Waals surface area contributed by atoms with Crippen molar-refractivity contribution in [2.24, 2.45) is 17.8 Å². The molecule has 5 rings (SSSR count). The van der Waals surface area contributed by atoms with E-state index in [0.717, 1.165) is 5.82 Å². The van der Waals surface area contributed by atoms with Crippen LogP contribution in [0.4, 0.5) is 5.82 Å². The van der Waals surface area contributed by atoms with E-state index in [1.54, 1.807) is 19.2 Å². The second kappa shape index (κ2) is 17.0. The predicted octanol–water partition coefficient (Wildman–Crippen LogP) is 2.96. The van der Waals surface area contributed by atoms with Gasteiger partial charge in [0, 0.05) is 50.1 Å². The van der Waals surface area contributed by atoms with E-state index in [2.05, 4.69) is 28.2 Å². The van der Waals surface area contributed by atoms with E-state index in [4.69, 9.17) is 23.7 Å². The maximum Gasteiger partial charge on any atom is 0.311 e. The number of cyclic esters (lactones) is 1. The summed E-state index contributed by atoms with van der Waals surface area (Å²) in [6, 6.07) is 4.99. The van der Waals surface area contributed by atoms with Crippen molar-refractivity contribution in [2.75, 3.05) is 38.6 Å². The number of nitrogens with one attached hydrogen (secondary N) is 1.